The molecule has 1 aromatic carbocycles. The summed E-state index contributed by atoms with van der Waals surface area (Å²) in [6.07, 6.45) is -3.11. The molecule has 0 bridgehead atoms. The molecule has 1 aromatic rings. The van der Waals surface area contributed by atoms with Gasteiger partial charge in [-0.15, -0.1) is 0 Å². The van der Waals surface area contributed by atoms with E-state index in [0.29, 0.717) is 18.8 Å². The number of alkyl halides is 3. The number of halogens is 3. The van der Waals surface area contributed by atoms with E-state index in [1.54, 1.807) is 11.0 Å². The molecule has 1 aliphatic rings. The summed E-state index contributed by atoms with van der Waals surface area (Å²) < 4.78 is 38.0. The van der Waals surface area contributed by atoms with E-state index in [2.05, 4.69) is 11.9 Å². The van der Waals surface area contributed by atoms with Gasteiger partial charge in [-0.3, -0.25) is 4.79 Å². The van der Waals surface area contributed by atoms with E-state index >= 15 is 0 Å². The first kappa shape index (κ1) is 15.4. The molecule has 21 heavy (non-hydrogen) atoms. The summed E-state index contributed by atoms with van der Waals surface area (Å²) in [5, 5.41) is 3.08. The molecule has 1 unspecified atom stereocenters. The Kier molecular flexibility index (Phi) is 4.25. The Labute approximate surface area is 121 Å². The molecule has 6 heteroatoms. The van der Waals surface area contributed by atoms with Crippen LogP contribution in [-0.4, -0.2) is 29.9 Å². The summed E-state index contributed by atoms with van der Waals surface area (Å²) in [6, 6.07) is 5.02. The van der Waals surface area contributed by atoms with Crippen LogP contribution in [0.25, 0.3) is 0 Å². The van der Waals surface area contributed by atoms with Crippen molar-refractivity contribution >= 4 is 11.6 Å². The predicted molar refractivity (Wildman–Crippen MR) is 74.8 cm³/mol. The van der Waals surface area contributed by atoms with Crippen molar-refractivity contribution in [3.05, 3.63) is 42.5 Å². The highest BCUT2D eigenvalue weighted by atomic mass is 19.4. The van der Waals surface area contributed by atoms with E-state index in [0.717, 1.165) is 12.1 Å². The van der Waals surface area contributed by atoms with Crippen molar-refractivity contribution in [3.63, 3.8) is 0 Å². The van der Waals surface area contributed by atoms with Crippen LogP contribution in [0.4, 0.5) is 18.9 Å². The molecule has 1 amide bonds. The van der Waals surface area contributed by atoms with Crippen molar-refractivity contribution in [3.8, 4) is 0 Å². The van der Waals surface area contributed by atoms with Crippen molar-refractivity contribution in [1.82, 2.24) is 4.90 Å². The maximum Gasteiger partial charge on any atom is 0.416 e. The van der Waals surface area contributed by atoms with Crippen molar-refractivity contribution < 1.29 is 18.0 Å². The Morgan fingerprint density at radius 3 is 2.76 bits per heavy atom. The standard InChI is InChI=1S/C15H17F3N2O/c1-3-14(21)20-8-10(2)13(9-20)19-12-6-4-5-11(7-12)15(16,17)18/h3-7,10,13,19H,1,8-9H2,2H3/t10-,13?/m1/s1. The molecule has 2 atom stereocenters. The highest BCUT2D eigenvalue weighted by Crippen LogP contribution is 2.31. The minimum atomic E-state index is -4.36. The van der Waals surface area contributed by atoms with Crippen LogP contribution < -0.4 is 5.32 Å². The monoisotopic (exact) mass is 298 g/mol. The summed E-state index contributed by atoms with van der Waals surface area (Å²) in [5.74, 6) is -0.00126. The van der Waals surface area contributed by atoms with Crippen LogP contribution in [0.3, 0.4) is 0 Å². The fourth-order valence-electron chi connectivity index (χ4n) is 2.46. The van der Waals surface area contributed by atoms with Gasteiger partial charge in [-0.05, 0) is 30.2 Å². The Bertz CT molecular complexity index is 542. The van der Waals surface area contributed by atoms with Gasteiger partial charge in [-0.25, -0.2) is 0 Å². The number of carbonyl (C=O) groups is 1. The smallest absolute Gasteiger partial charge is 0.380 e. The third kappa shape index (κ3) is 3.56. The van der Waals surface area contributed by atoms with Crippen molar-refractivity contribution in [2.45, 2.75) is 19.1 Å². The molecule has 1 fully saturated rings. The molecule has 114 valence electrons. The van der Waals surface area contributed by atoms with Gasteiger partial charge < -0.3 is 10.2 Å². The zero-order chi connectivity index (χ0) is 15.6. The molecule has 0 aliphatic carbocycles. The van der Waals surface area contributed by atoms with Crippen LogP contribution in [-0.2, 0) is 11.0 Å². The summed E-state index contributed by atoms with van der Waals surface area (Å²) in [5.41, 5.74) is -0.272. The van der Waals surface area contributed by atoms with Crippen molar-refractivity contribution in [2.75, 3.05) is 18.4 Å². The highest BCUT2D eigenvalue weighted by Gasteiger charge is 2.33. The van der Waals surface area contributed by atoms with Gasteiger partial charge in [-0.2, -0.15) is 13.2 Å². The molecule has 1 saturated heterocycles. The molecule has 1 heterocycles. The number of rotatable bonds is 3. The SMILES string of the molecule is C=CC(=O)N1CC(Nc2cccc(C(F)(F)F)c2)[C@H](C)C1. The quantitative estimate of drug-likeness (QED) is 0.869. The second kappa shape index (κ2) is 5.79. The van der Waals surface area contributed by atoms with Gasteiger partial charge in [0.05, 0.1) is 5.56 Å². The number of benzene rings is 1. The van der Waals surface area contributed by atoms with Crippen LogP contribution in [0.5, 0.6) is 0 Å². The van der Waals surface area contributed by atoms with Gasteiger partial charge in [0.25, 0.3) is 0 Å². The number of anilines is 1. The Morgan fingerprint density at radius 1 is 1.43 bits per heavy atom. The van der Waals surface area contributed by atoms with Gasteiger partial charge in [0.15, 0.2) is 0 Å². The van der Waals surface area contributed by atoms with Crippen molar-refractivity contribution in [2.24, 2.45) is 5.92 Å². The summed E-state index contributed by atoms with van der Waals surface area (Å²) in [7, 11) is 0. The van der Waals surface area contributed by atoms with E-state index in [9.17, 15) is 18.0 Å². The Morgan fingerprint density at radius 2 is 2.14 bits per heavy atom. The lowest BCUT2D eigenvalue weighted by molar-refractivity contribution is -0.137. The lowest BCUT2D eigenvalue weighted by atomic mass is 10.1. The summed E-state index contributed by atoms with van der Waals surface area (Å²) in [4.78, 5) is 13.2. The lowest BCUT2D eigenvalue weighted by Crippen LogP contribution is -2.30. The lowest BCUT2D eigenvalue weighted by Gasteiger charge is -2.19. The fraction of sp³-hybridized carbons (Fsp3) is 0.400. The highest BCUT2D eigenvalue weighted by molar-refractivity contribution is 5.87. The van der Waals surface area contributed by atoms with Crippen LogP contribution in [0.15, 0.2) is 36.9 Å². The number of hydrogen-bond acceptors (Lipinski definition) is 2. The number of nitrogens with one attached hydrogen (secondary N) is 1. The summed E-state index contributed by atoms with van der Waals surface area (Å²) in [6.45, 7) is 6.43. The summed E-state index contributed by atoms with van der Waals surface area (Å²) >= 11 is 0. The first-order valence-electron chi connectivity index (χ1n) is 6.66. The number of likely N-dealkylation sites (tertiary alicyclic amines) is 1. The second-order valence-corrected chi connectivity index (χ2v) is 5.25. The largest absolute Gasteiger partial charge is 0.416 e. The van der Waals surface area contributed by atoms with Crippen LogP contribution in [0.2, 0.25) is 0 Å². The molecule has 0 aromatic heterocycles. The number of nitrogens with zero attached hydrogens (tertiary/aromatic N) is 1. The van der Waals surface area contributed by atoms with Gasteiger partial charge in [-0.1, -0.05) is 19.6 Å². The predicted octanol–water partition coefficient (Wildman–Crippen LogP) is 3.15. The fourth-order valence-corrected chi connectivity index (χ4v) is 2.46. The molecule has 3 nitrogen and oxygen atoms in total. The van der Waals surface area contributed by atoms with Crippen LogP contribution >= 0.6 is 0 Å². The molecule has 1 N–H and O–H groups in total. The second-order valence-electron chi connectivity index (χ2n) is 5.25. The first-order valence-corrected chi connectivity index (χ1v) is 6.66. The van der Waals surface area contributed by atoms with Crippen molar-refractivity contribution in [1.29, 1.82) is 0 Å². The average molecular weight is 298 g/mol. The molecule has 0 spiro atoms. The number of hydrogen-bond donors (Lipinski definition) is 1. The van der Waals surface area contributed by atoms with Gasteiger partial charge >= 0.3 is 6.18 Å². The minimum absolute atomic E-state index is 0.0719. The molecular formula is C15H17F3N2O. The van der Waals surface area contributed by atoms with Gasteiger partial charge in [0.1, 0.15) is 0 Å². The Balaban J connectivity index is 2.09. The number of carbonyl (C=O) groups excluding carboxylic acids is 1. The van der Waals surface area contributed by atoms with Gasteiger partial charge in [0, 0.05) is 24.8 Å². The molecule has 0 radical (unpaired) electrons. The van der Waals surface area contributed by atoms with Crippen LogP contribution in [0, 0.1) is 5.92 Å². The van der Waals surface area contributed by atoms with E-state index in [1.165, 1.54) is 12.1 Å². The zero-order valence-corrected chi connectivity index (χ0v) is 11.7. The molecule has 0 saturated carbocycles. The molecule has 2 rings (SSSR count). The van der Waals surface area contributed by atoms with E-state index in [4.69, 9.17) is 0 Å². The van der Waals surface area contributed by atoms with Gasteiger partial charge in [0.2, 0.25) is 5.91 Å². The van der Waals surface area contributed by atoms with Crippen LogP contribution in [0.1, 0.15) is 12.5 Å². The maximum absolute atomic E-state index is 12.7. The van der Waals surface area contributed by atoms with E-state index < -0.39 is 11.7 Å². The third-order valence-electron chi connectivity index (χ3n) is 3.64. The maximum atomic E-state index is 12.7. The first-order chi connectivity index (χ1) is 9.81. The van der Waals surface area contributed by atoms with E-state index in [1.807, 2.05) is 6.92 Å². The molecule has 1 aliphatic heterocycles. The number of amides is 1. The zero-order valence-electron chi connectivity index (χ0n) is 11.7. The molecular weight excluding hydrogens is 281 g/mol. The minimum Gasteiger partial charge on any atom is -0.380 e. The normalized spacial score (nSPS) is 22.2. The third-order valence-corrected chi connectivity index (χ3v) is 3.64. The average Bonchev–Trinajstić information content (AvgIpc) is 2.79. The topological polar surface area (TPSA) is 32.3 Å². The van der Waals surface area contributed by atoms with E-state index in [-0.39, 0.29) is 17.9 Å². The Hall–Kier alpha value is -1.98.